The average Bonchev–Trinajstić information content (AvgIpc) is 2.89. The Kier molecular flexibility index (Phi) is 4.71. The molecule has 0 bridgehead atoms. The molecule has 3 rings (SSSR count). The van der Waals surface area contributed by atoms with Crippen LogP contribution in [-0.2, 0) is 18.3 Å². The second-order valence-electron chi connectivity index (χ2n) is 5.69. The van der Waals surface area contributed by atoms with Crippen molar-refractivity contribution in [1.82, 2.24) is 4.57 Å². The van der Waals surface area contributed by atoms with Gasteiger partial charge in [0.25, 0.3) is 0 Å². The van der Waals surface area contributed by atoms with E-state index < -0.39 is 0 Å². The number of anilines is 1. The van der Waals surface area contributed by atoms with Gasteiger partial charge in [0.2, 0.25) is 5.91 Å². The summed E-state index contributed by atoms with van der Waals surface area (Å²) in [6.45, 7) is 0. The second-order valence-corrected chi connectivity index (χ2v) is 6.85. The van der Waals surface area contributed by atoms with Crippen LogP contribution in [0.3, 0.4) is 0 Å². The van der Waals surface area contributed by atoms with Gasteiger partial charge < -0.3 is 9.47 Å². The molecule has 3 aromatic rings. The van der Waals surface area contributed by atoms with E-state index in [1.807, 2.05) is 50.5 Å². The maximum Gasteiger partial charge on any atom is 0.227 e. The lowest BCUT2D eigenvalue weighted by atomic mass is 10.1. The average molecular weight is 418 g/mol. The molecule has 3 nitrogen and oxygen atoms in total. The molecule has 0 radical (unpaired) electrons. The maximum absolute atomic E-state index is 12.5. The van der Waals surface area contributed by atoms with Gasteiger partial charge in [-0.3, -0.25) is 4.79 Å². The number of rotatable bonds is 4. The van der Waals surface area contributed by atoms with Gasteiger partial charge in [0, 0.05) is 41.2 Å². The highest BCUT2D eigenvalue weighted by Gasteiger charge is 2.14. The number of para-hydroxylation sites is 2. The topological polar surface area (TPSA) is 25.2 Å². The largest absolute Gasteiger partial charge is 0.350 e. The highest BCUT2D eigenvalue weighted by molar-refractivity contribution is 14.1. The van der Waals surface area contributed by atoms with Gasteiger partial charge in [-0.05, 0) is 52.8 Å². The minimum atomic E-state index is 0.141. The molecule has 4 heteroatoms. The van der Waals surface area contributed by atoms with Crippen molar-refractivity contribution >= 4 is 45.1 Å². The van der Waals surface area contributed by atoms with E-state index in [4.69, 9.17) is 0 Å². The van der Waals surface area contributed by atoms with Crippen LogP contribution in [0.1, 0.15) is 12.0 Å². The fraction of sp³-hybridized carbons (Fsp3) is 0.211. The van der Waals surface area contributed by atoms with Crippen LogP contribution in [0, 0.1) is 3.57 Å². The number of hydrogen-bond acceptors (Lipinski definition) is 1. The van der Waals surface area contributed by atoms with Crippen LogP contribution in [-0.4, -0.2) is 17.5 Å². The summed E-state index contributed by atoms with van der Waals surface area (Å²) in [4.78, 5) is 14.3. The van der Waals surface area contributed by atoms with Crippen LogP contribution in [0.2, 0.25) is 0 Å². The minimum Gasteiger partial charge on any atom is -0.350 e. The fourth-order valence-corrected chi connectivity index (χ4v) is 3.64. The molecule has 0 atom stereocenters. The lowest BCUT2D eigenvalue weighted by Gasteiger charge is -2.18. The van der Waals surface area contributed by atoms with Gasteiger partial charge in [0.05, 0.1) is 5.69 Å². The van der Waals surface area contributed by atoms with Gasteiger partial charge in [-0.15, -0.1) is 0 Å². The third-order valence-electron chi connectivity index (χ3n) is 4.18. The summed E-state index contributed by atoms with van der Waals surface area (Å²) in [5, 5.41) is 1.24. The molecule has 1 amide bonds. The molecule has 1 heterocycles. The highest BCUT2D eigenvalue weighted by Crippen LogP contribution is 2.24. The molecule has 0 saturated carbocycles. The molecule has 0 aliphatic rings. The van der Waals surface area contributed by atoms with E-state index in [0.717, 1.165) is 15.7 Å². The van der Waals surface area contributed by atoms with Crippen molar-refractivity contribution in [2.45, 2.75) is 12.8 Å². The Morgan fingerprint density at radius 3 is 2.61 bits per heavy atom. The predicted octanol–water partition coefficient (Wildman–Crippen LogP) is 4.38. The van der Waals surface area contributed by atoms with Crippen LogP contribution >= 0.6 is 22.6 Å². The van der Waals surface area contributed by atoms with Crippen molar-refractivity contribution in [3.05, 3.63) is 63.9 Å². The molecule has 0 aliphatic carbocycles. The Labute approximate surface area is 150 Å². The molecule has 0 aliphatic heterocycles. The Morgan fingerprint density at radius 1 is 1.13 bits per heavy atom. The monoisotopic (exact) mass is 418 g/mol. The number of fused-ring (bicyclic) bond motifs is 1. The first kappa shape index (κ1) is 16.1. The molecule has 23 heavy (non-hydrogen) atoms. The Hall–Kier alpha value is -1.82. The summed E-state index contributed by atoms with van der Waals surface area (Å²) in [6, 6.07) is 16.3. The third-order valence-corrected chi connectivity index (χ3v) is 5.09. The molecule has 1 aromatic heterocycles. The minimum absolute atomic E-state index is 0.141. The van der Waals surface area contributed by atoms with E-state index in [1.54, 1.807) is 4.90 Å². The van der Waals surface area contributed by atoms with E-state index in [-0.39, 0.29) is 5.91 Å². The lowest BCUT2D eigenvalue weighted by Crippen LogP contribution is -2.27. The van der Waals surface area contributed by atoms with Gasteiger partial charge in [-0.1, -0.05) is 30.3 Å². The number of nitrogens with zero attached hydrogens (tertiary/aromatic N) is 2. The predicted molar refractivity (Wildman–Crippen MR) is 104 cm³/mol. The first-order valence-corrected chi connectivity index (χ1v) is 8.70. The molecular formula is C19H19IN2O. The lowest BCUT2D eigenvalue weighted by molar-refractivity contribution is -0.118. The summed E-state index contributed by atoms with van der Waals surface area (Å²) >= 11 is 2.27. The molecular weight excluding hydrogens is 399 g/mol. The first-order valence-electron chi connectivity index (χ1n) is 7.62. The number of halogens is 1. The summed E-state index contributed by atoms with van der Waals surface area (Å²) in [5.74, 6) is 0.141. The Morgan fingerprint density at radius 2 is 1.83 bits per heavy atom. The molecule has 2 aromatic carbocycles. The number of benzene rings is 2. The molecule has 0 saturated heterocycles. The van der Waals surface area contributed by atoms with Crippen LogP contribution in [0.5, 0.6) is 0 Å². The Balaban J connectivity index is 1.75. The van der Waals surface area contributed by atoms with E-state index in [2.05, 4.69) is 45.5 Å². The van der Waals surface area contributed by atoms with Gasteiger partial charge in [0.15, 0.2) is 0 Å². The summed E-state index contributed by atoms with van der Waals surface area (Å²) < 4.78 is 3.21. The standard InChI is InChI=1S/C19H19IN2O/c1-21-13-14(15-7-3-5-9-17(15)21)11-12-19(23)22(2)18-10-6-4-8-16(18)20/h3-10,13H,11-12H2,1-2H3. The van der Waals surface area contributed by atoms with Crippen molar-refractivity contribution in [2.24, 2.45) is 7.05 Å². The van der Waals surface area contributed by atoms with Gasteiger partial charge >= 0.3 is 0 Å². The first-order chi connectivity index (χ1) is 11.1. The zero-order valence-corrected chi connectivity index (χ0v) is 15.4. The highest BCUT2D eigenvalue weighted by atomic mass is 127. The zero-order valence-electron chi connectivity index (χ0n) is 13.3. The number of aromatic nitrogens is 1. The van der Waals surface area contributed by atoms with E-state index >= 15 is 0 Å². The normalized spacial score (nSPS) is 10.9. The van der Waals surface area contributed by atoms with E-state index in [1.165, 1.54) is 16.5 Å². The molecule has 0 N–H and O–H groups in total. The van der Waals surface area contributed by atoms with Crippen molar-refractivity contribution < 1.29 is 4.79 Å². The van der Waals surface area contributed by atoms with Gasteiger partial charge in [0.1, 0.15) is 0 Å². The molecule has 118 valence electrons. The van der Waals surface area contributed by atoms with Gasteiger partial charge in [-0.2, -0.15) is 0 Å². The van der Waals surface area contributed by atoms with Crippen molar-refractivity contribution in [2.75, 3.05) is 11.9 Å². The maximum atomic E-state index is 12.5. The quantitative estimate of drug-likeness (QED) is 0.578. The van der Waals surface area contributed by atoms with Crippen molar-refractivity contribution in [3.63, 3.8) is 0 Å². The van der Waals surface area contributed by atoms with Gasteiger partial charge in [-0.25, -0.2) is 0 Å². The zero-order chi connectivity index (χ0) is 16.4. The number of amides is 1. The van der Waals surface area contributed by atoms with Crippen LogP contribution < -0.4 is 4.90 Å². The van der Waals surface area contributed by atoms with Crippen molar-refractivity contribution in [1.29, 1.82) is 0 Å². The van der Waals surface area contributed by atoms with Crippen molar-refractivity contribution in [3.8, 4) is 0 Å². The molecule has 0 spiro atoms. The summed E-state index contributed by atoms with van der Waals surface area (Å²) in [5.41, 5.74) is 3.41. The number of aryl methyl sites for hydroxylation is 2. The molecule has 0 unspecified atom stereocenters. The summed E-state index contributed by atoms with van der Waals surface area (Å²) in [6.07, 6.45) is 3.40. The molecule has 0 fully saturated rings. The number of carbonyl (C=O) groups is 1. The van der Waals surface area contributed by atoms with Crippen LogP contribution in [0.15, 0.2) is 54.7 Å². The van der Waals surface area contributed by atoms with E-state index in [0.29, 0.717) is 6.42 Å². The third kappa shape index (κ3) is 3.27. The smallest absolute Gasteiger partial charge is 0.227 e. The second kappa shape index (κ2) is 6.74. The fourth-order valence-electron chi connectivity index (χ4n) is 2.89. The van der Waals surface area contributed by atoms with Crippen LogP contribution in [0.25, 0.3) is 10.9 Å². The Bertz CT molecular complexity index is 853. The summed E-state index contributed by atoms with van der Waals surface area (Å²) in [7, 11) is 3.90. The van der Waals surface area contributed by atoms with Crippen LogP contribution in [0.4, 0.5) is 5.69 Å². The SMILES string of the molecule is CN(C(=O)CCc1cn(C)c2ccccc12)c1ccccc1I. The number of carbonyl (C=O) groups excluding carboxylic acids is 1. The van der Waals surface area contributed by atoms with E-state index in [9.17, 15) is 4.79 Å². The number of hydrogen-bond donors (Lipinski definition) is 0.